The maximum atomic E-state index is 14.7. The number of rotatable bonds is 5. The van der Waals surface area contributed by atoms with E-state index in [9.17, 15) is 23.9 Å². The highest BCUT2D eigenvalue weighted by atomic mass is 35.5. The maximum absolute atomic E-state index is 14.7. The van der Waals surface area contributed by atoms with Crippen LogP contribution in [0.5, 0.6) is 0 Å². The highest BCUT2D eigenvalue weighted by Crippen LogP contribution is 2.31. The second-order valence-corrected chi connectivity index (χ2v) is 9.30. The number of benzene rings is 2. The van der Waals surface area contributed by atoms with Gasteiger partial charge in [0.25, 0.3) is 5.56 Å². The Bertz CT molecular complexity index is 1350. The summed E-state index contributed by atoms with van der Waals surface area (Å²) in [5, 5.41) is 15.1. The minimum atomic E-state index is -1.23. The topological polar surface area (TPSA) is 117 Å². The molecular weight excluding hydrogens is 477 g/mol. The van der Waals surface area contributed by atoms with Crippen LogP contribution in [0.2, 0.25) is 5.02 Å². The van der Waals surface area contributed by atoms with Crippen LogP contribution in [-0.4, -0.2) is 43.8 Å². The van der Waals surface area contributed by atoms with Crippen molar-refractivity contribution in [3.63, 3.8) is 0 Å². The first-order chi connectivity index (χ1) is 16.4. The molecule has 3 N–H and O–H groups in total. The fraction of sp³-hybridized carbons (Fsp3) is 0.333. The molecule has 3 amide bonds. The number of urea groups is 1. The molecule has 0 bridgehead atoms. The number of carbonyl (C=O) groups is 2. The molecule has 1 atom stereocenters. The molecule has 9 nitrogen and oxygen atoms in total. The van der Waals surface area contributed by atoms with Crippen LogP contribution in [0.15, 0.2) is 41.2 Å². The van der Waals surface area contributed by atoms with Gasteiger partial charge in [0.15, 0.2) is 0 Å². The van der Waals surface area contributed by atoms with E-state index in [-0.39, 0.29) is 21.7 Å². The van der Waals surface area contributed by atoms with E-state index in [1.165, 1.54) is 16.7 Å². The molecule has 0 aliphatic heterocycles. The summed E-state index contributed by atoms with van der Waals surface area (Å²) in [6.45, 7) is 8.88. The van der Waals surface area contributed by atoms with Gasteiger partial charge in [0.05, 0.1) is 22.1 Å². The molecule has 186 valence electrons. The molecule has 2 aromatic carbocycles. The molecule has 35 heavy (non-hydrogen) atoms. The quantitative estimate of drug-likeness (QED) is 0.444. The number of carboxylic acid groups (broad SMARTS) is 1. The number of amides is 3. The Labute approximate surface area is 206 Å². The van der Waals surface area contributed by atoms with E-state index in [2.05, 4.69) is 15.6 Å². The van der Waals surface area contributed by atoms with Gasteiger partial charge in [0.2, 0.25) is 0 Å². The van der Waals surface area contributed by atoms with Crippen molar-refractivity contribution in [1.82, 2.24) is 19.8 Å². The zero-order valence-corrected chi connectivity index (χ0v) is 20.8. The van der Waals surface area contributed by atoms with Crippen LogP contribution in [0.25, 0.3) is 16.6 Å². The molecule has 0 unspecified atom stereocenters. The maximum Gasteiger partial charge on any atom is 0.408 e. The number of aromatic nitrogens is 2. The minimum absolute atomic E-state index is 0.00356. The Hall–Kier alpha value is -3.66. The number of hydrogen-bond acceptors (Lipinski definition) is 4. The number of nitrogens with one attached hydrogen (secondary N) is 2. The van der Waals surface area contributed by atoms with Crippen LogP contribution < -0.4 is 16.2 Å². The fourth-order valence-corrected chi connectivity index (χ4v) is 4.20. The third-order valence-corrected chi connectivity index (χ3v) is 5.65. The number of halogens is 2. The van der Waals surface area contributed by atoms with Gasteiger partial charge in [-0.2, -0.15) is 0 Å². The zero-order valence-electron chi connectivity index (χ0n) is 20.0. The van der Waals surface area contributed by atoms with Gasteiger partial charge < -0.3 is 15.7 Å². The lowest BCUT2D eigenvalue weighted by Crippen LogP contribution is -2.47. The van der Waals surface area contributed by atoms with Crippen LogP contribution in [-0.2, 0) is 0 Å². The molecule has 11 heteroatoms. The summed E-state index contributed by atoms with van der Waals surface area (Å²) < 4.78 is 15.9. The summed E-state index contributed by atoms with van der Waals surface area (Å²) in [5.41, 5.74) is -1.11. The number of hydrogen-bond donors (Lipinski definition) is 3. The Balaban J connectivity index is 2.35. The number of anilines is 1. The molecule has 1 aromatic heterocycles. The normalized spacial score (nSPS) is 12.3. The third kappa shape index (κ3) is 5.22. The first kappa shape index (κ1) is 26.0. The molecule has 0 saturated carbocycles. The summed E-state index contributed by atoms with van der Waals surface area (Å²) in [4.78, 5) is 43.4. The molecule has 0 saturated heterocycles. The molecule has 0 aliphatic rings. The second kappa shape index (κ2) is 9.91. The van der Waals surface area contributed by atoms with Gasteiger partial charge in [-0.05, 0) is 65.0 Å². The van der Waals surface area contributed by atoms with Crippen LogP contribution >= 0.6 is 11.6 Å². The first-order valence-corrected chi connectivity index (χ1v) is 11.3. The van der Waals surface area contributed by atoms with Crippen molar-refractivity contribution >= 4 is 40.3 Å². The van der Waals surface area contributed by atoms with Crippen LogP contribution in [0.4, 0.5) is 19.7 Å². The first-order valence-electron chi connectivity index (χ1n) is 10.9. The van der Waals surface area contributed by atoms with Gasteiger partial charge >= 0.3 is 12.1 Å². The van der Waals surface area contributed by atoms with Crippen LogP contribution in [0, 0.1) is 5.82 Å². The lowest BCUT2D eigenvalue weighted by molar-refractivity contribution is 0.0719. The molecule has 0 radical (unpaired) electrons. The SMILES string of the molecule is CCNC(=O)Nc1cccc(-n2c([C@H](C)N(C(=O)O)C(C)(C)C)nc3c(F)ccc(Cl)c3c2=O)c1. The minimum Gasteiger partial charge on any atom is -0.465 e. The average molecular weight is 504 g/mol. The van der Waals surface area contributed by atoms with Crippen molar-refractivity contribution in [2.24, 2.45) is 0 Å². The van der Waals surface area contributed by atoms with Gasteiger partial charge in [0, 0.05) is 17.8 Å². The average Bonchev–Trinajstić information content (AvgIpc) is 2.74. The summed E-state index contributed by atoms with van der Waals surface area (Å²) >= 11 is 6.26. The highest BCUT2D eigenvalue weighted by Gasteiger charge is 2.35. The van der Waals surface area contributed by atoms with Gasteiger partial charge in [-0.25, -0.2) is 19.0 Å². The van der Waals surface area contributed by atoms with Crippen molar-refractivity contribution in [3.8, 4) is 5.69 Å². The van der Waals surface area contributed by atoms with E-state index in [0.717, 1.165) is 11.0 Å². The van der Waals surface area contributed by atoms with E-state index in [1.54, 1.807) is 52.8 Å². The Kier molecular flexibility index (Phi) is 7.35. The van der Waals surface area contributed by atoms with Crippen LogP contribution in [0.3, 0.4) is 0 Å². The van der Waals surface area contributed by atoms with E-state index in [4.69, 9.17) is 11.6 Å². The van der Waals surface area contributed by atoms with Crippen molar-refractivity contribution in [2.75, 3.05) is 11.9 Å². The lowest BCUT2D eigenvalue weighted by Gasteiger charge is -2.38. The number of carbonyl (C=O) groups excluding carboxylic acids is 1. The molecule has 3 aromatic rings. The lowest BCUT2D eigenvalue weighted by atomic mass is 10.0. The summed E-state index contributed by atoms with van der Waals surface area (Å²) in [7, 11) is 0. The third-order valence-electron chi connectivity index (χ3n) is 5.34. The smallest absolute Gasteiger partial charge is 0.408 e. The molecule has 1 heterocycles. The second-order valence-electron chi connectivity index (χ2n) is 8.90. The molecule has 3 rings (SSSR count). The van der Waals surface area contributed by atoms with Gasteiger partial charge in [0.1, 0.15) is 17.2 Å². The Morgan fingerprint density at radius 2 is 1.94 bits per heavy atom. The van der Waals surface area contributed by atoms with Crippen molar-refractivity contribution in [1.29, 1.82) is 0 Å². The van der Waals surface area contributed by atoms with Crippen molar-refractivity contribution in [3.05, 3.63) is 63.4 Å². The largest absolute Gasteiger partial charge is 0.465 e. The molecular formula is C24H27ClFN5O4. The predicted octanol–water partition coefficient (Wildman–Crippen LogP) is 5.16. The Morgan fingerprint density at radius 1 is 1.26 bits per heavy atom. The van der Waals surface area contributed by atoms with Crippen molar-refractivity contribution in [2.45, 2.75) is 46.2 Å². The zero-order chi connectivity index (χ0) is 26.1. The van der Waals surface area contributed by atoms with Gasteiger partial charge in [-0.3, -0.25) is 14.3 Å². The van der Waals surface area contributed by atoms with Gasteiger partial charge in [-0.15, -0.1) is 0 Å². The van der Waals surface area contributed by atoms with E-state index < -0.39 is 35.1 Å². The number of nitrogens with zero attached hydrogens (tertiary/aromatic N) is 3. The molecule has 0 spiro atoms. The monoisotopic (exact) mass is 503 g/mol. The summed E-state index contributed by atoms with van der Waals surface area (Å²) in [6.07, 6.45) is -1.23. The summed E-state index contributed by atoms with van der Waals surface area (Å²) in [6, 6.07) is 7.37. The fourth-order valence-electron chi connectivity index (χ4n) is 3.97. The van der Waals surface area contributed by atoms with Crippen LogP contribution in [0.1, 0.15) is 46.5 Å². The standard InChI is InChI=1S/C24H27ClFN5O4/c1-6-27-22(33)28-14-8-7-9-15(12-14)30-20(13(2)31(23(34)35)24(3,4)5)29-19-17(26)11-10-16(25)18(19)21(30)32/h7-13H,6H2,1-5H3,(H,34,35)(H2,27,28,33)/t13-/m0/s1. The Morgan fingerprint density at radius 3 is 2.54 bits per heavy atom. The van der Waals surface area contributed by atoms with E-state index >= 15 is 0 Å². The van der Waals surface area contributed by atoms with Crippen molar-refractivity contribution < 1.29 is 19.1 Å². The van der Waals surface area contributed by atoms with E-state index in [0.29, 0.717) is 17.9 Å². The van der Waals surface area contributed by atoms with E-state index in [1.807, 2.05) is 0 Å². The number of fused-ring (bicyclic) bond motifs is 1. The molecule has 0 aliphatic carbocycles. The van der Waals surface area contributed by atoms with Gasteiger partial charge in [-0.1, -0.05) is 17.7 Å². The molecule has 0 fully saturated rings. The highest BCUT2D eigenvalue weighted by molar-refractivity contribution is 6.35. The summed E-state index contributed by atoms with van der Waals surface area (Å²) in [5.74, 6) is -0.762. The predicted molar refractivity (Wildman–Crippen MR) is 133 cm³/mol.